The van der Waals surface area contributed by atoms with E-state index in [1.807, 2.05) is 12.1 Å². The number of rotatable bonds is 19. The van der Waals surface area contributed by atoms with Gasteiger partial charge in [0.2, 0.25) is 23.5 Å². The lowest BCUT2D eigenvalue weighted by Gasteiger charge is -2.18. The number of nitrogens with zero attached hydrogens (tertiary/aromatic N) is 2. The number of methoxy groups -OCH3 is 2. The van der Waals surface area contributed by atoms with Gasteiger partial charge in [-0.05, 0) is 71.2 Å². The number of carbonyl (C=O) groups is 2. The average molecular weight is 743 g/mol. The van der Waals surface area contributed by atoms with Gasteiger partial charge in [0.25, 0.3) is 0 Å². The van der Waals surface area contributed by atoms with E-state index in [1.165, 1.54) is 36.5 Å². The van der Waals surface area contributed by atoms with Crippen LogP contribution in [0.2, 0.25) is 0 Å². The van der Waals surface area contributed by atoms with E-state index >= 15 is 0 Å². The second kappa shape index (κ2) is 17.7. The first kappa shape index (κ1) is 38.4. The van der Waals surface area contributed by atoms with Crippen LogP contribution in [0.15, 0.2) is 60.7 Å². The standard InChI is InChI=1S/C40H46N4O10/c1-51-39-23(19-41-21-25(45)17-37(47)48)9-15-35(43-39)53-33-13-11-29-27(5-3-7-31(29)33)28-6-4-8-32-30(28)12-14-34(32)54-36-16-10-24(40(44-36)52-2)20-42-22-26(46)18-38(49)50/h3-10,15-16,25-26,33-34,41-42,45-46H,11-14,17-22H2,1-2H3,(H,47,48)(H,49,50)/t25-,26-,33-,34-/m0/s1. The van der Waals surface area contributed by atoms with E-state index in [0.717, 1.165) is 47.9 Å². The van der Waals surface area contributed by atoms with Crippen LogP contribution < -0.4 is 29.6 Å². The summed E-state index contributed by atoms with van der Waals surface area (Å²) in [5, 5.41) is 43.5. The zero-order chi connectivity index (χ0) is 38.2. The molecule has 6 rings (SSSR count). The monoisotopic (exact) mass is 742 g/mol. The van der Waals surface area contributed by atoms with Crippen LogP contribution in [0.25, 0.3) is 11.1 Å². The predicted octanol–water partition coefficient (Wildman–Crippen LogP) is 4.14. The van der Waals surface area contributed by atoms with Crippen molar-refractivity contribution >= 4 is 11.9 Å². The van der Waals surface area contributed by atoms with Crippen molar-refractivity contribution in [2.75, 3.05) is 27.3 Å². The number of fused-ring (bicyclic) bond motifs is 2. The fourth-order valence-corrected chi connectivity index (χ4v) is 7.23. The van der Waals surface area contributed by atoms with Crippen molar-refractivity contribution in [2.24, 2.45) is 0 Å². The fraction of sp³-hybridized carbons (Fsp3) is 0.400. The number of benzene rings is 2. The minimum Gasteiger partial charge on any atom is -0.481 e. The third kappa shape index (κ3) is 9.26. The molecule has 0 amide bonds. The molecule has 0 aliphatic heterocycles. The molecule has 54 heavy (non-hydrogen) atoms. The van der Waals surface area contributed by atoms with E-state index in [2.05, 4.69) is 57.0 Å². The number of pyridine rings is 2. The Hall–Kier alpha value is -5.28. The molecule has 2 aliphatic rings. The molecule has 14 nitrogen and oxygen atoms in total. The summed E-state index contributed by atoms with van der Waals surface area (Å²) in [6, 6.07) is 20.0. The SMILES string of the molecule is COc1nc(O[C@H]2CCc3c(-c4cccc5c4CC[C@@H]5Oc4ccc(CNC[C@@H](O)CC(=O)O)c(OC)n4)cccc32)ccc1CNC[C@@H](O)CC(=O)O. The fourth-order valence-electron chi connectivity index (χ4n) is 7.23. The first-order chi connectivity index (χ1) is 26.1. The maximum atomic E-state index is 10.8. The first-order valence-corrected chi connectivity index (χ1v) is 18.0. The molecule has 2 aromatic carbocycles. The van der Waals surface area contributed by atoms with Crippen LogP contribution in [0.3, 0.4) is 0 Å². The maximum absolute atomic E-state index is 10.8. The van der Waals surface area contributed by atoms with Crippen molar-refractivity contribution in [2.45, 2.75) is 76.0 Å². The van der Waals surface area contributed by atoms with E-state index in [-0.39, 0.29) is 38.1 Å². The topological polar surface area (TPSA) is 202 Å². The highest BCUT2D eigenvalue weighted by Crippen LogP contribution is 2.45. The molecule has 0 radical (unpaired) electrons. The molecule has 0 bridgehead atoms. The van der Waals surface area contributed by atoms with E-state index in [0.29, 0.717) is 36.6 Å². The highest BCUT2D eigenvalue weighted by Gasteiger charge is 2.31. The quantitative estimate of drug-likeness (QED) is 0.0800. The number of carboxylic acids is 2. The van der Waals surface area contributed by atoms with E-state index < -0.39 is 24.1 Å². The van der Waals surface area contributed by atoms with Gasteiger partial charge in [-0.3, -0.25) is 9.59 Å². The van der Waals surface area contributed by atoms with Gasteiger partial charge in [-0.25, -0.2) is 0 Å². The van der Waals surface area contributed by atoms with Gasteiger partial charge in [-0.15, -0.1) is 0 Å². The van der Waals surface area contributed by atoms with Crippen LogP contribution in [0.1, 0.15) is 71.3 Å². The Bertz CT molecular complexity index is 1820. The molecule has 4 atom stereocenters. The van der Waals surface area contributed by atoms with Gasteiger partial charge >= 0.3 is 11.9 Å². The lowest BCUT2D eigenvalue weighted by Crippen LogP contribution is -2.28. The van der Waals surface area contributed by atoms with Crippen LogP contribution >= 0.6 is 0 Å². The zero-order valence-corrected chi connectivity index (χ0v) is 30.3. The van der Waals surface area contributed by atoms with Crippen LogP contribution in [0.5, 0.6) is 23.5 Å². The second-order valence-electron chi connectivity index (χ2n) is 13.4. The molecule has 2 aromatic heterocycles. The van der Waals surface area contributed by atoms with Gasteiger partial charge in [0, 0.05) is 49.4 Å². The molecule has 4 aromatic rings. The van der Waals surface area contributed by atoms with Crippen molar-refractivity contribution in [3.8, 4) is 34.6 Å². The van der Waals surface area contributed by atoms with Crippen molar-refractivity contribution in [3.63, 3.8) is 0 Å². The number of aliphatic hydroxyl groups is 2. The predicted molar refractivity (Wildman–Crippen MR) is 197 cm³/mol. The Morgan fingerprint density at radius 1 is 0.685 bits per heavy atom. The molecule has 0 fully saturated rings. The zero-order valence-electron chi connectivity index (χ0n) is 30.3. The molecule has 6 N–H and O–H groups in total. The molecule has 286 valence electrons. The number of aliphatic hydroxyl groups excluding tert-OH is 2. The molecule has 2 aliphatic carbocycles. The molecule has 0 saturated carbocycles. The molecular weight excluding hydrogens is 696 g/mol. The molecule has 2 heterocycles. The van der Waals surface area contributed by atoms with Gasteiger partial charge in [0.15, 0.2) is 0 Å². The van der Waals surface area contributed by atoms with Gasteiger partial charge in [0.05, 0.1) is 39.3 Å². The molecule has 0 saturated heterocycles. The van der Waals surface area contributed by atoms with Crippen LogP contribution in [-0.4, -0.2) is 81.8 Å². The summed E-state index contributed by atoms with van der Waals surface area (Å²) < 4.78 is 23.9. The molecule has 0 spiro atoms. The molecular formula is C40H46N4O10. The number of carboxylic acid groups (broad SMARTS) is 2. The van der Waals surface area contributed by atoms with E-state index in [1.54, 1.807) is 12.1 Å². The number of hydrogen-bond donors (Lipinski definition) is 6. The maximum Gasteiger partial charge on any atom is 0.306 e. The van der Waals surface area contributed by atoms with E-state index in [4.69, 9.17) is 29.2 Å². The number of aliphatic carboxylic acids is 2. The number of nitrogens with one attached hydrogen (secondary N) is 2. The van der Waals surface area contributed by atoms with Gasteiger partial charge in [0.1, 0.15) is 12.2 Å². The minimum absolute atomic E-state index is 0.125. The van der Waals surface area contributed by atoms with Gasteiger partial charge in [-0.1, -0.05) is 36.4 Å². The van der Waals surface area contributed by atoms with Crippen LogP contribution in [-0.2, 0) is 35.5 Å². The summed E-state index contributed by atoms with van der Waals surface area (Å²) in [5.74, 6) is -0.450. The lowest BCUT2D eigenvalue weighted by atomic mass is 9.91. The normalized spacial score (nSPS) is 17.0. The van der Waals surface area contributed by atoms with Crippen molar-refractivity contribution in [3.05, 3.63) is 94.0 Å². The van der Waals surface area contributed by atoms with Gasteiger partial charge in [-0.2, -0.15) is 9.97 Å². The molecule has 0 unspecified atom stereocenters. The van der Waals surface area contributed by atoms with Crippen molar-refractivity contribution in [1.29, 1.82) is 0 Å². The minimum atomic E-state index is -1.06. The van der Waals surface area contributed by atoms with E-state index in [9.17, 15) is 19.8 Å². The number of hydrogen-bond acceptors (Lipinski definition) is 12. The van der Waals surface area contributed by atoms with Crippen molar-refractivity contribution < 1.29 is 49.0 Å². The highest BCUT2D eigenvalue weighted by atomic mass is 16.5. The summed E-state index contributed by atoms with van der Waals surface area (Å²) in [7, 11) is 3.07. The third-order valence-corrected chi connectivity index (χ3v) is 9.67. The summed E-state index contributed by atoms with van der Waals surface area (Å²) in [5.41, 5.74) is 8.62. The summed E-state index contributed by atoms with van der Waals surface area (Å²) >= 11 is 0. The van der Waals surface area contributed by atoms with Crippen molar-refractivity contribution in [1.82, 2.24) is 20.6 Å². The number of ether oxygens (including phenoxy) is 4. The summed E-state index contributed by atoms with van der Waals surface area (Å²) in [6.45, 7) is 0.937. The lowest BCUT2D eigenvalue weighted by molar-refractivity contribution is -0.140. The Labute approximate surface area is 313 Å². The second-order valence-corrected chi connectivity index (χ2v) is 13.4. The van der Waals surface area contributed by atoms with Crippen LogP contribution in [0, 0.1) is 0 Å². The third-order valence-electron chi connectivity index (χ3n) is 9.67. The summed E-state index contributed by atoms with van der Waals surface area (Å²) in [6.07, 6.45) is 0.259. The van der Waals surface area contributed by atoms with Crippen LogP contribution in [0.4, 0.5) is 0 Å². The number of aromatic nitrogens is 2. The Morgan fingerprint density at radius 2 is 1.11 bits per heavy atom. The summed E-state index contributed by atoms with van der Waals surface area (Å²) in [4.78, 5) is 30.8. The largest absolute Gasteiger partial charge is 0.481 e. The van der Waals surface area contributed by atoms with Gasteiger partial charge < -0.3 is 50.0 Å². The Morgan fingerprint density at radius 3 is 1.50 bits per heavy atom. The first-order valence-electron chi connectivity index (χ1n) is 18.0. The highest BCUT2D eigenvalue weighted by molar-refractivity contribution is 5.75. The smallest absolute Gasteiger partial charge is 0.306 e. The average Bonchev–Trinajstić information content (AvgIpc) is 3.76. The molecule has 14 heteroatoms. The Kier molecular flexibility index (Phi) is 12.6. The Balaban J connectivity index is 1.12.